The summed E-state index contributed by atoms with van der Waals surface area (Å²) >= 11 is 0.938. The Kier molecular flexibility index (Phi) is 7.18. The second-order valence-electron chi connectivity index (χ2n) is 7.77. The number of hydrogen-bond acceptors (Lipinski definition) is 7. The largest absolute Gasteiger partial charge is 0.428 e. The molecule has 0 atom stereocenters. The van der Waals surface area contributed by atoms with E-state index in [0.29, 0.717) is 16.8 Å². The Balaban J connectivity index is 1.61. The van der Waals surface area contributed by atoms with Gasteiger partial charge in [-0.2, -0.15) is 4.98 Å². The number of carbonyl (C=O) groups excluding carboxylic acids is 2. The van der Waals surface area contributed by atoms with Gasteiger partial charge in [0.1, 0.15) is 0 Å². The van der Waals surface area contributed by atoms with Gasteiger partial charge in [-0.05, 0) is 50.2 Å². The van der Waals surface area contributed by atoms with Gasteiger partial charge < -0.3 is 9.73 Å². The number of Topliss-reactive ketones (excluding diaryl/α,β-unsaturated/α-hetero) is 1. The molecule has 0 saturated carbocycles. The van der Waals surface area contributed by atoms with Gasteiger partial charge in [-0.15, -0.1) is 0 Å². The number of aromatic nitrogens is 1. The first-order valence-corrected chi connectivity index (χ1v) is 13.1. The summed E-state index contributed by atoms with van der Waals surface area (Å²) in [7, 11) is -3.99. The first kappa shape index (κ1) is 24.4. The summed E-state index contributed by atoms with van der Waals surface area (Å²) in [6, 6.07) is 22.0. The van der Waals surface area contributed by atoms with Crippen LogP contribution in [0.5, 0.6) is 0 Å². The van der Waals surface area contributed by atoms with E-state index < -0.39 is 9.84 Å². The van der Waals surface area contributed by atoms with Crippen LogP contribution in [0.25, 0.3) is 11.5 Å². The van der Waals surface area contributed by atoms with Crippen molar-refractivity contribution in [3.8, 4) is 11.5 Å². The van der Waals surface area contributed by atoms with E-state index in [-0.39, 0.29) is 38.3 Å². The number of benzene rings is 3. The average molecular weight is 507 g/mol. The molecule has 0 saturated heterocycles. The first-order valence-electron chi connectivity index (χ1n) is 10.7. The van der Waals surface area contributed by atoms with Gasteiger partial charge in [-0.1, -0.05) is 59.8 Å². The predicted octanol–water partition coefficient (Wildman–Crippen LogP) is 5.42. The number of rotatable bonds is 8. The van der Waals surface area contributed by atoms with E-state index in [1.165, 1.54) is 19.1 Å². The summed E-state index contributed by atoms with van der Waals surface area (Å²) in [5.41, 5.74) is 2.49. The van der Waals surface area contributed by atoms with Crippen LogP contribution in [-0.2, 0) is 14.6 Å². The number of sulfone groups is 1. The number of oxazole rings is 1. The van der Waals surface area contributed by atoms with E-state index in [4.69, 9.17) is 4.42 Å². The summed E-state index contributed by atoms with van der Waals surface area (Å²) < 4.78 is 32.6. The highest BCUT2D eigenvalue weighted by atomic mass is 32.2. The van der Waals surface area contributed by atoms with Gasteiger partial charge in [0.25, 0.3) is 0 Å². The number of ketones is 1. The minimum absolute atomic E-state index is 0.0251. The molecule has 1 heterocycles. The number of nitrogens with zero attached hydrogens (tertiary/aromatic N) is 1. The van der Waals surface area contributed by atoms with Gasteiger partial charge >= 0.3 is 0 Å². The van der Waals surface area contributed by atoms with E-state index in [9.17, 15) is 18.0 Å². The van der Waals surface area contributed by atoms with E-state index in [1.54, 1.807) is 60.7 Å². The smallest absolute Gasteiger partial charge is 0.234 e. The zero-order valence-electron chi connectivity index (χ0n) is 19.0. The molecule has 7 nitrogen and oxygen atoms in total. The van der Waals surface area contributed by atoms with Crippen LogP contribution in [0.1, 0.15) is 22.8 Å². The molecule has 0 aliphatic rings. The van der Waals surface area contributed by atoms with Crippen molar-refractivity contribution in [3.05, 3.63) is 90.0 Å². The van der Waals surface area contributed by atoms with Gasteiger partial charge in [0.15, 0.2) is 5.78 Å². The molecule has 3 aromatic carbocycles. The maximum atomic E-state index is 13.4. The number of nitrogens with one attached hydrogen (secondary N) is 1. The molecule has 178 valence electrons. The van der Waals surface area contributed by atoms with Gasteiger partial charge in [-0.3, -0.25) is 9.59 Å². The van der Waals surface area contributed by atoms with Crippen molar-refractivity contribution in [1.82, 2.24) is 4.98 Å². The second kappa shape index (κ2) is 10.3. The molecule has 0 fully saturated rings. The molecule has 0 radical (unpaired) electrons. The fourth-order valence-electron chi connectivity index (χ4n) is 3.23. The summed E-state index contributed by atoms with van der Waals surface area (Å²) in [6.45, 7) is 3.31. The quantitative estimate of drug-likeness (QED) is 0.251. The van der Waals surface area contributed by atoms with Gasteiger partial charge in [0, 0.05) is 16.8 Å². The molecule has 1 amide bonds. The van der Waals surface area contributed by atoms with Crippen LogP contribution < -0.4 is 5.32 Å². The lowest BCUT2D eigenvalue weighted by Gasteiger charge is -2.06. The number of aryl methyl sites for hydroxylation is 1. The molecular weight excluding hydrogens is 484 g/mol. The standard InChI is InChI=1S/C26H22N2O5S2/c1-17-11-13-22(14-12-17)35(31,32)25-26(33-24(28-25)19-7-4-3-5-8-19)34-16-23(30)27-21-10-6-9-20(15-21)18(2)29/h3-15H,16H2,1-2H3,(H,27,30). The molecule has 0 bridgehead atoms. The summed E-state index contributed by atoms with van der Waals surface area (Å²) in [6.07, 6.45) is 0. The number of hydrogen-bond donors (Lipinski definition) is 1. The molecule has 0 aliphatic carbocycles. The number of carbonyl (C=O) groups is 2. The molecular formula is C26H22N2O5S2. The van der Waals surface area contributed by atoms with Crippen LogP contribution in [0.4, 0.5) is 5.69 Å². The zero-order chi connectivity index (χ0) is 25.0. The second-order valence-corrected chi connectivity index (χ2v) is 10.6. The number of anilines is 1. The fraction of sp³-hybridized carbons (Fsp3) is 0.115. The Morgan fingerprint density at radius 3 is 2.37 bits per heavy atom. The molecule has 0 spiro atoms. The van der Waals surface area contributed by atoms with E-state index in [1.807, 2.05) is 13.0 Å². The third-order valence-corrected chi connectivity index (χ3v) is 7.81. The first-order chi connectivity index (χ1) is 16.7. The zero-order valence-corrected chi connectivity index (χ0v) is 20.7. The van der Waals surface area contributed by atoms with Crippen LogP contribution in [0.15, 0.2) is 98.3 Å². The Morgan fingerprint density at radius 1 is 0.971 bits per heavy atom. The highest BCUT2D eigenvalue weighted by Gasteiger charge is 2.29. The van der Waals surface area contributed by atoms with Gasteiger partial charge in [0.05, 0.1) is 10.6 Å². The summed E-state index contributed by atoms with van der Waals surface area (Å²) in [4.78, 5) is 28.6. The van der Waals surface area contributed by atoms with Crippen LogP contribution in [0.2, 0.25) is 0 Å². The van der Waals surface area contributed by atoms with Crippen molar-refractivity contribution < 1.29 is 22.4 Å². The highest BCUT2D eigenvalue weighted by Crippen LogP contribution is 2.35. The van der Waals surface area contributed by atoms with Gasteiger partial charge in [-0.25, -0.2) is 8.42 Å². The maximum Gasteiger partial charge on any atom is 0.234 e. The average Bonchev–Trinajstić information content (AvgIpc) is 3.29. The normalized spacial score (nSPS) is 11.3. The van der Waals surface area contributed by atoms with Crippen molar-refractivity contribution in [3.63, 3.8) is 0 Å². The molecule has 35 heavy (non-hydrogen) atoms. The molecule has 0 unspecified atom stereocenters. The van der Waals surface area contributed by atoms with Crippen molar-refractivity contribution in [2.75, 3.05) is 11.1 Å². The number of thioether (sulfide) groups is 1. The third kappa shape index (κ3) is 5.70. The molecule has 9 heteroatoms. The van der Waals surface area contributed by atoms with Crippen molar-refractivity contribution in [1.29, 1.82) is 0 Å². The summed E-state index contributed by atoms with van der Waals surface area (Å²) in [5.74, 6) is -0.471. The van der Waals surface area contributed by atoms with Crippen molar-refractivity contribution in [2.24, 2.45) is 0 Å². The number of amides is 1. The fourth-order valence-corrected chi connectivity index (χ4v) is 5.56. The Morgan fingerprint density at radius 2 is 1.69 bits per heavy atom. The third-order valence-electron chi connectivity index (χ3n) is 5.06. The lowest BCUT2D eigenvalue weighted by Crippen LogP contribution is -2.14. The Labute approximate surface area is 207 Å². The molecule has 4 rings (SSSR count). The van der Waals surface area contributed by atoms with E-state index in [0.717, 1.165) is 17.3 Å². The molecule has 4 aromatic rings. The van der Waals surface area contributed by atoms with E-state index >= 15 is 0 Å². The van der Waals surface area contributed by atoms with E-state index in [2.05, 4.69) is 10.3 Å². The predicted molar refractivity (Wildman–Crippen MR) is 134 cm³/mol. The molecule has 0 aliphatic heterocycles. The lowest BCUT2D eigenvalue weighted by molar-refractivity contribution is -0.113. The van der Waals surface area contributed by atoms with Gasteiger partial charge in [0.2, 0.25) is 31.8 Å². The topological polar surface area (TPSA) is 106 Å². The SMILES string of the molecule is CC(=O)c1cccc(NC(=O)CSc2oc(-c3ccccc3)nc2S(=O)(=O)c2ccc(C)cc2)c1. The monoisotopic (exact) mass is 506 g/mol. The molecule has 1 aromatic heterocycles. The van der Waals surface area contributed by atoms with Crippen molar-refractivity contribution in [2.45, 2.75) is 28.9 Å². The van der Waals surface area contributed by atoms with Crippen LogP contribution >= 0.6 is 11.8 Å². The maximum absolute atomic E-state index is 13.4. The minimum atomic E-state index is -3.99. The Bertz CT molecular complexity index is 1480. The Hall–Kier alpha value is -3.69. The van der Waals surface area contributed by atoms with Crippen LogP contribution in [0, 0.1) is 6.92 Å². The highest BCUT2D eigenvalue weighted by molar-refractivity contribution is 8.00. The van der Waals surface area contributed by atoms with Crippen LogP contribution in [0.3, 0.4) is 0 Å². The lowest BCUT2D eigenvalue weighted by atomic mass is 10.1. The summed E-state index contributed by atoms with van der Waals surface area (Å²) in [5, 5.41) is 2.50. The minimum Gasteiger partial charge on any atom is -0.428 e. The van der Waals surface area contributed by atoms with Crippen LogP contribution in [-0.4, -0.2) is 30.8 Å². The van der Waals surface area contributed by atoms with Crippen molar-refractivity contribution >= 4 is 39.0 Å². The molecule has 1 N–H and O–H groups in total.